The number of hydrogen-bond acceptors (Lipinski definition) is 3. The van der Waals surface area contributed by atoms with Crippen molar-refractivity contribution in [1.82, 2.24) is 15.2 Å². The fraction of sp³-hybridized carbons (Fsp3) is 0.364. The van der Waals surface area contributed by atoms with Gasteiger partial charge in [0, 0.05) is 32.5 Å². The summed E-state index contributed by atoms with van der Waals surface area (Å²) in [4.78, 5) is 17.1. The van der Waals surface area contributed by atoms with Crippen LogP contribution in [0.1, 0.15) is 12.0 Å². The highest BCUT2D eigenvalue weighted by Crippen LogP contribution is 2.03. The molecule has 84 valence electrons. The fourth-order valence-electron chi connectivity index (χ4n) is 1.31. The van der Waals surface area contributed by atoms with E-state index in [2.05, 4.69) is 10.3 Å². The summed E-state index contributed by atoms with van der Waals surface area (Å²) in [5.74, 6) is 0. The molecule has 0 aliphatic carbocycles. The lowest BCUT2D eigenvalue weighted by Gasteiger charge is -2.20. The van der Waals surface area contributed by atoms with Crippen molar-refractivity contribution < 1.29 is 4.79 Å². The Bertz CT molecular complexity index is 371. The highest BCUT2D eigenvalue weighted by molar-refractivity contribution is 5.73. The molecule has 1 N–H and O–H groups in total. The minimum absolute atomic E-state index is 0.181. The van der Waals surface area contributed by atoms with Crippen molar-refractivity contribution in [1.29, 1.82) is 5.26 Å². The van der Waals surface area contributed by atoms with Crippen LogP contribution in [0.5, 0.6) is 0 Å². The summed E-state index contributed by atoms with van der Waals surface area (Å²) in [6.45, 7) is 0.889. The molecule has 0 unspecified atom stereocenters. The van der Waals surface area contributed by atoms with E-state index in [0.717, 1.165) is 5.56 Å². The summed E-state index contributed by atoms with van der Waals surface area (Å²) in [5, 5.41) is 11.1. The van der Waals surface area contributed by atoms with Crippen LogP contribution in [0.25, 0.3) is 0 Å². The van der Waals surface area contributed by atoms with E-state index < -0.39 is 0 Å². The Balaban J connectivity index is 2.64. The van der Waals surface area contributed by atoms with Gasteiger partial charge in [-0.2, -0.15) is 5.26 Å². The second-order valence-electron chi connectivity index (χ2n) is 3.25. The van der Waals surface area contributed by atoms with Gasteiger partial charge in [-0.3, -0.25) is 4.98 Å². The maximum Gasteiger partial charge on any atom is 0.317 e. The van der Waals surface area contributed by atoms with Crippen molar-refractivity contribution in [2.75, 3.05) is 13.6 Å². The highest BCUT2D eigenvalue weighted by atomic mass is 16.2. The second kappa shape index (κ2) is 6.40. The van der Waals surface area contributed by atoms with Gasteiger partial charge in [0.1, 0.15) is 0 Å². The molecule has 0 aliphatic heterocycles. The number of nitrogens with zero attached hydrogens (tertiary/aromatic N) is 3. The number of hydrogen-bond donors (Lipinski definition) is 1. The normalized spacial score (nSPS) is 9.25. The van der Waals surface area contributed by atoms with Gasteiger partial charge in [-0.05, 0) is 11.6 Å². The Hall–Kier alpha value is -2.09. The van der Waals surface area contributed by atoms with E-state index in [0.29, 0.717) is 19.5 Å². The molecule has 0 fully saturated rings. The Morgan fingerprint density at radius 1 is 1.69 bits per heavy atom. The summed E-state index contributed by atoms with van der Waals surface area (Å²) in [6, 6.07) is 5.56. The Morgan fingerprint density at radius 3 is 3.06 bits per heavy atom. The third kappa shape index (κ3) is 3.58. The summed E-state index contributed by atoms with van der Waals surface area (Å²) in [5.41, 5.74) is 0.948. The van der Waals surface area contributed by atoms with Crippen LogP contribution in [-0.4, -0.2) is 29.5 Å². The number of carbonyl (C=O) groups is 1. The zero-order chi connectivity index (χ0) is 11.8. The van der Waals surface area contributed by atoms with Crippen molar-refractivity contribution in [3.8, 4) is 6.07 Å². The lowest BCUT2D eigenvalue weighted by Crippen LogP contribution is -2.38. The topological polar surface area (TPSA) is 69.0 Å². The van der Waals surface area contributed by atoms with Crippen LogP contribution in [0.15, 0.2) is 24.5 Å². The fourth-order valence-corrected chi connectivity index (χ4v) is 1.31. The first kappa shape index (κ1) is 12.0. The molecule has 0 saturated heterocycles. The molecule has 0 bridgehead atoms. The van der Waals surface area contributed by atoms with Gasteiger partial charge in [0.2, 0.25) is 0 Å². The number of nitriles is 1. The predicted molar refractivity (Wildman–Crippen MR) is 59.3 cm³/mol. The zero-order valence-electron chi connectivity index (χ0n) is 9.18. The second-order valence-corrected chi connectivity index (χ2v) is 3.25. The predicted octanol–water partition coefficient (Wildman–Crippen LogP) is 1.14. The average molecular weight is 218 g/mol. The van der Waals surface area contributed by atoms with E-state index in [1.54, 1.807) is 24.3 Å². The zero-order valence-corrected chi connectivity index (χ0v) is 9.18. The van der Waals surface area contributed by atoms with E-state index in [-0.39, 0.29) is 6.03 Å². The van der Waals surface area contributed by atoms with Gasteiger partial charge in [0.25, 0.3) is 0 Å². The summed E-state index contributed by atoms with van der Waals surface area (Å²) in [7, 11) is 1.57. The van der Waals surface area contributed by atoms with Gasteiger partial charge in [-0.1, -0.05) is 6.07 Å². The largest absolute Gasteiger partial charge is 0.341 e. The van der Waals surface area contributed by atoms with Crippen molar-refractivity contribution in [3.05, 3.63) is 30.1 Å². The van der Waals surface area contributed by atoms with Crippen molar-refractivity contribution >= 4 is 6.03 Å². The average Bonchev–Trinajstić information content (AvgIpc) is 2.34. The van der Waals surface area contributed by atoms with Gasteiger partial charge in [0.05, 0.1) is 12.5 Å². The maximum absolute atomic E-state index is 11.5. The number of carbonyl (C=O) groups excluding carboxylic acids is 1. The van der Waals surface area contributed by atoms with Gasteiger partial charge < -0.3 is 10.2 Å². The molecule has 0 aliphatic rings. The number of urea groups is 1. The molecule has 0 saturated carbocycles. The quantitative estimate of drug-likeness (QED) is 0.823. The van der Waals surface area contributed by atoms with Crippen LogP contribution in [0, 0.1) is 11.3 Å². The van der Waals surface area contributed by atoms with Gasteiger partial charge in [0.15, 0.2) is 0 Å². The molecule has 1 aromatic rings. The Kier molecular flexibility index (Phi) is 4.80. The van der Waals surface area contributed by atoms with Crippen molar-refractivity contribution in [2.24, 2.45) is 0 Å². The van der Waals surface area contributed by atoms with Crippen LogP contribution >= 0.6 is 0 Å². The Labute approximate surface area is 94.7 Å². The standard InChI is InChI=1S/C11H14N4O/c1-13-11(16)15(7-3-5-12)9-10-4-2-6-14-8-10/h2,4,6,8H,3,7,9H2,1H3,(H,13,16). The molecular weight excluding hydrogens is 204 g/mol. The van der Waals surface area contributed by atoms with E-state index in [9.17, 15) is 4.79 Å². The molecule has 0 aromatic carbocycles. The minimum Gasteiger partial charge on any atom is -0.341 e. The summed E-state index contributed by atoms with van der Waals surface area (Å²) < 4.78 is 0. The SMILES string of the molecule is CNC(=O)N(CCC#N)Cc1cccnc1. The molecule has 16 heavy (non-hydrogen) atoms. The van der Waals surface area contributed by atoms with Crippen LogP contribution < -0.4 is 5.32 Å². The van der Waals surface area contributed by atoms with E-state index in [1.165, 1.54) is 0 Å². The first-order valence-corrected chi connectivity index (χ1v) is 5.00. The maximum atomic E-state index is 11.5. The molecule has 0 radical (unpaired) electrons. The molecule has 2 amide bonds. The van der Waals surface area contributed by atoms with E-state index in [1.807, 2.05) is 18.2 Å². The molecule has 1 heterocycles. The van der Waals surface area contributed by atoms with Gasteiger partial charge in [-0.25, -0.2) is 4.79 Å². The van der Waals surface area contributed by atoms with Crippen LogP contribution in [0.3, 0.4) is 0 Å². The number of nitrogens with one attached hydrogen (secondary N) is 1. The van der Waals surface area contributed by atoms with Gasteiger partial charge >= 0.3 is 6.03 Å². The first-order valence-electron chi connectivity index (χ1n) is 5.00. The molecule has 1 aromatic heterocycles. The molecule has 0 atom stereocenters. The third-order valence-corrected chi connectivity index (χ3v) is 2.09. The van der Waals surface area contributed by atoms with Crippen molar-refractivity contribution in [2.45, 2.75) is 13.0 Å². The van der Waals surface area contributed by atoms with Crippen LogP contribution in [-0.2, 0) is 6.54 Å². The summed E-state index contributed by atoms with van der Waals surface area (Å²) >= 11 is 0. The number of rotatable bonds is 4. The lowest BCUT2D eigenvalue weighted by molar-refractivity contribution is 0.198. The molecule has 0 spiro atoms. The molecule has 5 heteroatoms. The van der Waals surface area contributed by atoms with Crippen molar-refractivity contribution in [3.63, 3.8) is 0 Å². The molecule has 5 nitrogen and oxygen atoms in total. The monoisotopic (exact) mass is 218 g/mol. The lowest BCUT2D eigenvalue weighted by atomic mass is 10.2. The Morgan fingerprint density at radius 2 is 2.50 bits per heavy atom. The van der Waals surface area contributed by atoms with E-state index in [4.69, 9.17) is 5.26 Å². The third-order valence-electron chi connectivity index (χ3n) is 2.09. The first-order chi connectivity index (χ1) is 7.77. The minimum atomic E-state index is -0.181. The number of aromatic nitrogens is 1. The molecule has 1 rings (SSSR count). The van der Waals surface area contributed by atoms with Crippen LogP contribution in [0.2, 0.25) is 0 Å². The molecular formula is C11H14N4O. The summed E-state index contributed by atoms with van der Waals surface area (Å²) in [6.07, 6.45) is 3.72. The van der Waals surface area contributed by atoms with Crippen LogP contribution in [0.4, 0.5) is 4.79 Å². The number of amides is 2. The number of pyridine rings is 1. The van der Waals surface area contributed by atoms with E-state index >= 15 is 0 Å². The smallest absolute Gasteiger partial charge is 0.317 e. The highest BCUT2D eigenvalue weighted by Gasteiger charge is 2.11. The van der Waals surface area contributed by atoms with Gasteiger partial charge in [-0.15, -0.1) is 0 Å².